The van der Waals surface area contributed by atoms with Crippen LogP contribution in [0.15, 0.2) is 60.7 Å². The fourth-order valence-corrected chi connectivity index (χ4v) is 5.42. The Hall–Kier alpha value is -2.74. The molecule has 5 nitrogen and oxygen atoms in total. The van der Waals surface area contributed by atoms with Crippen LogP contribution in [0.1, 0.15) is 20.8 Å². The van der Waals surface area contributed by atoms with E-state index in [2.05, 4.69) is 39.4 Å². The van der Waals surface area contributed by atoms with Gasteiger partial charge in [-0.1, -0.05) is 60.7 Å². The predicted octanol–water partition coefficient (Wildman–Crippen LogP) is 5.02. The highest BCUT2D eigenvalue weighted by Crippen LogP contribution is 2.40. The molecule has 3 aromatic rings. The first-order valence-corrected chi connectivity index (χ1v) is 11.9. The van der Waals surface area contributed by atoms with E-state index in [-0.39, 0.29) is 5.97 Å². The molecule has 0 spiro atoms. The van der Waals surface area contributed by atoms with Gasteiger partial charge in [0, 0.05) is 43.2 Å². The summed E-state index contributed by atoms with van der Waals surface area (Å²) in [5.41, 5.74) is 3.77. The topological polar surface area (TPSA) is 44.8 Å². The van der Waals surface area contributed by atoms with Crippen LogP contribution in [0.4, 0.5) is 5.00 Å². The summed E-state index contributed by atoms with van der Waals surface area (Å²) in [7, 11) is 1.41. The maximum Gasteiger partial charge on any atom is 0.341 e. The average Bonchev–Trinajstić information content (AvgIpc) is 3.15. The second-order valence-corrected chi connectivity index (χ2v) is 9.39. The van der Waals surface area contributed by atoms with Crippen LogP contribution < -0.4 is 5.32 Å². The van der Waals surface area contributed by atoms with Crippen LogP contribution in [0, 0.1) is 6.92 Å². The summed E-state index contributed by atoms with van der Waals surface area (Å²) in [5, 5.41) is 4.74. The lowest BCUT2D eigenvalue weighted by Gasteiger charge is -2.36. The molecule has 1 aromatic heterocycles. The SMILES string of the molecule is COC(=O)c1c(NC(=S)N2CCN(Cc3ccccc3)CC2)sc(C)c1-c1ccccc1. The number of carbonyl (C=O) groups is 1. The quantitative estimate of drug-likeness (QED) is 0.421. The highest BCUT2D eigenvalue weighted by Gasteiger charge is 2.26. The van der Waals surface area contributed by atoms with Gasteiger partial charge in [0.25, 0.3) is 0 Å². The zero-order valence-corrected chi connectivity index (χ0v) is 20.0. The Bertz CT molecular complexity index is 1080. The van der Waals surface area contributed by atoms with Gasteiger partial charge in [-0.05, 0) is 30.3 Å². The number of benzene rings is 2. The summed E-state index contributed by atoms with van der Waals surface area (Å²) in [6.45, 7) is 6.56. The molecule has 0 radical (unpaired) electrons. The number of thiocarbonyl (C=S) groups is 1. The van der Waals surface area contributed by atoms with E-state index in [1.807, 2.05) is 43.3 Å². The van der Waals surface area contributed by atoms with Crippen molar-refractivity contribution in [3.8, 4) is 11.1 Å². The van der Waals surface area contributed by atoms with Crippen molar-refractivity contribution in [2.24, 2.45) is 0 Å². The Labute approximate surface area is 198 Å². The summed E-state index contributed by atoms with van der Waals surface area (Å²) < 4.78 is 5.11. The number of hydrogen-bond donors (Lipinski definition) is 1. The van der Waals surface area contributed by atoms with E-state index in [9.17, 15) is 4.79 Å². The van der Waals surface area contributed by atoms with Crippen LogP contribution in [-0.4, -0.2) is 54.2 Å². The zero-order valence-electron chi connectivity index (χ0n) is 18.3. The van der Waals surface area contributed by atoms with E-state index >= 15 is 0 Å². The number of piperazine rings is 1. The van der Waals surface area contributed by atoms with Crippen molar-refractivity contribution >= 4 is 39.6 Å². The molecular weight excluding hydrogens is 438 g/mol. The number of hydrogen-bond acceptors (Lipinski definition) is 5. The Morgan fingerprint density at radius 1 is 1.03 bits per heavy atom. The third-order valence-corrected chi connectivity index (χ3v) is 7.05. The molecule has 1 aliphatic heterocycles. The zero-order chi connectivity index (χ0) is 22.5. The molecule has 1 saturated heterocycles. The molecule has 0 aliphatic carbocycles. The van der Waals surface area contributed by atoms with E-state index in [1.165, 1.54) is 24.0 Å². The number of aryl methyl sites for hydroxylation is 1. The molecule has 1 fully saturated rings. The molecule has 0 unspecified atom stereocenters. The smallest absolute Gasteiger partial charge is 0.341 e. The van der Waals surface area contributed by atoms with Crippen LogP contribution in [-0.2, 0) is 11.3 Å². The monoisotopic (exact) mass is 465 g/mol. The molecule has 7 heteroatoms. The fraction of sp³-hybridized carbons (Fsp3) is 0.280. The first-order chi connectivity index (χ1) is 15.6. The number of rotatable bonds is 5. The molecule has 4 rings (SSSR count). The normalized spacial score (nSPS) is 14.2. The molecule has 2 heterocycles. The summed E-state index contributed by atoms with van der Waals surface area (Å²) in [4.78, 5) is 18.4. The van der Waals surface area contributed by atoms with Gasteiger partial charge in [-0.25, -0.2) is 4.79 Å². The number of nitrogens with one attached hydrogen (secondary N) is 1. The second kappa shape index (κ2) is 10.3. The van der Waals surface area contributed by atoms with Crippen LogP contribution in [0.3, 0.4) is 0 Å². The van der Waals surface area contributed by atoms with E-state index < -0.39 is 0 Å². The maximum atomic E-state index is 12.7. The Kier molecular flexibility index (Phi) is 7.19. The number of nitrogens with zero attached hydrogens (tertiary/aromatic N) is 2. The van der Waals surface area contributed by atoms with Gasteiger partial charge in [-0.2, -0.15) is 0 Å². The maximum absolute atomic E-state index is 12.7. The number of methoxy groups -OCH3 is 1. The fourth-order valence-electron chi connectivity index (χ4n) is 4.01. The first-order valence-electron chi connectivity index (χ1n) is 10.7. The third kappa shape index (κ3) is 5.01. The van der Waals surface area contributed by atoms with Crippen molar-refractivity contribution in [2.75, 3.05) is 38.6 Å². The number of ether oxygens (including phenoxy) is 1. The minimum Gasteiger partial charge on any atom is -0.465 e. The summed E-state index contributed by atoms with van der Waals surface area (Å²) in [5.74, 6) is -0.355. The standard InChI is InChI=1S/C25H27N3O2S2/c1-18-21(20-11-7-4-8-12-20)22(24(29)30-2)23(32-18)26-25(31)28-15-13-27(14-16-28)17-19-9-5-3-6-10-19/h3-12H,13-17H2,1-2H3,(H,26,31). The van der Waals surface area contributed by atoms with Crippen molar-refractivity contribution in [3.05, 3.63) is 76.7 Å². The molecule has 2 aromatic carbocycles. The molecule has 0 atom stereocenters. The van der Waals surface area contributed by atoms with Gasteiger partial charge in [0.05, 0.1) is 7.11 Å². The van der Waals surface area contributed by atoms with Crippen molar-refractivity contribution in [1.82, 2.24) is 9.80 Å². The highest BCUT2D eigenvalue weighted by molar-refractivity contribution is 7.80. The molecule has 0 amide bonds. The Balaban J connectivity index is 1.46. The lowest BCUT2D eigenvalue weighted by molar-refractivity contribution is 0.0603. The molecule has 166 valence electrons. The van der Waals surface area contributed by atoms with Gasteiger partial charge >= 0.3 is 5.97 Å². The Morgan fingerprint density at radius 3 is 2.28 bits per heavy atom. The summed E-state index contributed by atoms with van der Waals surface area (Å²) in [6, 6.07) is 20.5. The number of anilines is 1. The minimum atomic E-state index is -0.355. The van der Waals surface area contributed by atoms with Gasteiger partial charge in [0.1, 0.15) is 10.6 Å². The third-order valence-electron chi connectivity index (χ3n) is 5.67. The number of carbonyl (C=O) groups excluding carboxylic acids is 1. The summed E-state index contributed by atoms with van der Waals surface area (Å²) in [6.07, 6.45) is 0. The van der Waals surface area contributed by atoms with Gasteiger partial charge in [-0.3, -0.25) is 4.90 Å². The molecule has 0 bridgehead atoms. The van der Waals surface area contributed by atoms with Crippen LogP contribution >= 0.6 is 23.6 Å². The van der Waals surface area contributed by atoms with Crippen LogP contribution in [0.2, 0.25) is 0 Å². The number of esters is 1. The lowest BCUT2D eigenvalue weighted by atomic mass is 10.0. The molecule has 1 aliphatic rings. The second-order valence-electron chi connectivity index (χ2n) is 7.77. The predicted molar refractivity (Wildman–Crippen MR) is 135 cm³/mol. The van der Waals surface area contributed by atoms with E-state index in [0.717, 1.165) is 53.7 Å². The molecule has 0 saturated carbocycles. The van der Waals surface area contributed by atoms with Crippen molar-refractivity contribution in [1.29, 1.82) is 0 Å². The van der Waals surface area contributed by atoms with Gasteiger partial charge in [0.15, 0.2) is 5.11 Å². The minimum absolute atomic E-state index is 0.355. The first kappa shape index (κ1) is 22.5. The van der Waals surface area contributed by atoms with Crippen molar-refractivity contribution in [2.45, 2.75) is 13.5 Å². The largest absolute Gasteiger partial charge is 0.465 e. The van der Waals surface area contributed by atoms with Crippen molar-refractivity contribution < 1.29 is 9.53 Å². The van der Waals surface area contributed by atoms with Crippen LogP contribution in [0.25, 0.3) is 11.1 Å². The lowest BCUT2D eigenvalue weighted by Crippen LogP contribution is -2.49. The van der Waals surface area contributed by atoms with E-state index in [1.54, 1.807) is 0 Å². The highest BCUT2D eigenvalue weighted by atomic mass is 32.1. The van der Waals surface area contributed by atoms with E-state index in [0.29, 0.717) is 10.7 Å². The molecular formula is C25H27N3O2S2. The summed E-state index contributed by atoms with van der Waals surface area (Å²) >= 11 is 7.26. The van der Waals surface area contributed by atoms with E-state index in [4.69, 9.17) is 17.0 Å². The molecule has 32 heavy (non-hydrogen) atoms. The number of thiophene rings is 1. The van der Waals surface area contributed by atoms with Gasteiger partial charge in [-0.15, -0.1) is 11.3 Å². The van der Waals surface area contributed by atoms with Crippen LogP contribution in [0.5, 0.6) is 0 Å². The van der Waals surface area contributed by atoms with Crippen molar-refractivity contribution in [3.63, 3.8) is 0 Å². The van der Waals surface area contributed by atoms with Gasteiger partial charge in [0.2, 0.25) is 0 Å². The average molecular weight is 466 g/mol. The Morgan fingerprint density at radius 2 is 1.66 bits per heavy atom. The molecule has 1 N–H and O–H groups in total. The van der Waals surface area contributed by atoms with Gasteiger partial charge < -0.3 is 15.0 Å².